The zero-order chi connectivity index (χ0) is 13.8. The van der Waals surface area contributed by atoms with Crippen molar-refractivity contribution < 1.29 is 13.6 Å². The highest BCUT2D eigenvalue weighted by molar-refractivity contribution is 5.92. The first kappa shape index (κ1) is 13.9. The first-order valence-corrected chi connectivity index (χ1v) is 6.26. The van der Waals surface area contributed by atoms with Gasteiger partial charge in [0.05, 0.1) is 6.54 Å². The monoisotopic (exact) mass is 269 g/mol. The van der Waals surface area contributed by atoms with E-state index >= 15 is 0 Å². The summed E-state index contributed by atoms with van der Waals surface area (Å²) in [5, 5.41) is 5.51. The average Bonchev–Trinajstić information content (AvgIpc) is 2.37. The number of nitrogens with one attached hydrogen (secondary N) is 2. The maximum atomic E-state index is 13.4. The van der Waals surface area contributed by atoms with E-state index in [0.717, 1.165) is 31.8 Å². The fourth-order valence-corrected chi connectivity index (χ4v) is 2.10. The van der Waals surface area contributed by atoms with Crippen LogP contribution in [0.4, 0.5) is 14.5 Å². The van der Waals surface area contributed by atoms with Crippen molar-refractivity contribution in [2.75, 3.05) is 31.5 Å². The molecule has 1 heterocycles. The number of amides is 1. The quantitative estimate of drug-likeness (QED) is 0.866. The van der Waals surface area contributed by atoms with Crippen LogP contribution in [-0.4, -0.2) is 43.0 Å². The van der Waals surface area contributed by atoms with Crippen molar-refractivity contribution in [1.82, 2.24) is 10.2 Å². The number of rotatable bonds is 3. The number of benzene rings is 1. The van der Waals surface area contributed by atoms with Crippen LogP contribution in [0.15, 0.2) is 18.2 Å². The van der Waals surface area contributed by atoms with E-state index in [4.69, 9.17) is 0 Å². The van der Waals surface area contributed by atoms with Gasteiger partial charge in [0, 0.05) is 25.7 Å². The van der Waals surface area contributed by atoms with Gasteiger partial charge in [0.25, 0.3) is 0 Å². The molecule has 2 rings (SSSR count). The topological polar surface area (TPSA) is 44.4 Å². The van der Waals surface area contributed by atoms with E-state index in [1.165, 1.54) is 6.07 Å². The summed E-state index contributed by atoms with van der Waals surface area (Å²) >= 11 is 0. The van der Waals surface area contributed by atoms with Gasteiger partial charge in [0.15, 0.2) is 0 Å². The van der Waals surface area contributed by atoms with Crippen LogP contribution in [0.3, 0.4) is 0 Å². The van der Waals surface area contributed by atoms with Crippen molar-refractivity contribution >= 4 is 11.6 Å². The third-order valence-electron chi connectivity index (χ3n) is 3.21. The minimum atomic E-state index is -0.762. The lowest BCUT2D eigenvalue weighted by molar-refractivity contribution is -0.118. The molecule has 19 heavy (non-hydrogen) atoms. The number of nitrogens with zero attached hydrogens (tertiary/aromatic N) is 1. The minimum absolute atomic E-state index is 0.136. The van der Waals surface area contributed by atoms with Crippen molar-refractivity contribution in [2.24, 2.45) is 0 Å². The molecule has 1 fully saturated rings. The third kappa shape index (κ3) is 3.48. The average molecular weight is 269 g/mol. The molecule has 1 atom stereocenters. The lowest BCUT2D eigenvalue weighted by Gasteiger charge is -2.33. The summed E-state index contributed by atoms with van der Waals surface area (Å²) in [6, 6.07) is 3.72. The number of anilines is 1. The SMILES string of the molecule is C[C@@H]1CNCCN1CC(=O)Nc1c(F)cccc1F. The third-order valence-corrected chi connectivity index (χ3v) is 3.21. The molecule has 0 aromatic heterocycles. The molecule has 104 valence electrons. The van der Waals surface area contributed by atoms with E-state index in [0.29, 0.717) is 0 Å². The predicted octanol–water partition coefficient (Wildman–Crippen LogP) is 1.20. The van der Waals surface area contributed by atoms with Gasteiger partial charge in [0.1, 0.15) is 17.3 Å². The van der Waals surface area contributed by atoms with Crippen LogP contribution in [0.5, 0.6) is 0 Å². The van der Waals surface area contributed by atoms with Crippen LogP contribution in [0, 0.1) is 11.6 Å². The van der Waals surface area contributed by atoms with Crippen molar-refractivity contribution in [2.45, 2.75) is 13.0 Å². The van der Waals surface area contributed by atoms with Crippen molar-refractivity contribution in [3.63, 3.8) is 0 Å². The van der Waals surface area contributed by atoms with Gasteiger partial charge < -0.3 is 10.6 Å². The lowest BCUT2D eigenvalue weighted by atomic mass is 10.2. The van der Waals surface area contributed by atoms with Gasteiger partial charge >= 0.3 is 0 Å². The van der Waals surface area contributed by atoms with Crippen LogP contribution in [0.25, 0.3) is 0 Å². The van der Waals surface area contributed by atoms with E-state index in [1.54, 1.807) is 0 Å². The summed E-state index contributed by atoms with van der Waals surface area (Å²) in [5.41, 5.74) is -0.379. The highest BCUT2D eigenvalue weighted by atomic mass is 19.1. The minimum Gasteiger partial charge on any atom is -0.320 e. The van der Waals surface area contributed by atoms with Gasteiger partial charge in [-0.1, -0.05) is 6.07 Å². The molecule has 0 aliphatic carbocycles. The molecule has 4 nitrogen and oxygen atoms in total. The number of hydrogen-bond donors (Lipinski definition) is 2. The molecule has 1 saturated heterocycles. The summed E-state index contributed by atoms with van der Waals surface area (Å²) in [4.78, 5) is 13.8. The molecule has 0 spiro atoms. The second kappa shape index (κ2) is 6.08. The Kier molecular flexibility index (Phi) is 4.44. The van der Waals surface area contributed by atoms with E-state index in [9.17, 15) is 13.6 Å². The number of carbonyl (C=O) groups excluding carboxylic acids is 1. The largest absolute Gasteiger partial charge is 0.320 e. The van der Waals surface area contributed by atoms with Crippen LogP contribution >= 0.6 is 0 Å². The molecule has 0 radical (unpaired) electrons. The fourth-order valence-electron chi connectivity index (χ4n) is 2.10. The highest BCUT2D eigenvalue weighted by Gasteiger charge is 2.21. The molecule has 0 saturated carbocycles. The Bertz CT molecular complexity index is 447. The van der Waals surface area contributed by atoms with Gasteiger partial charge in [-0.25, -0.2) is 8.78 Å². The molecule has 1 aromatic rings. The van der Waals surface area contributed by atoms with Crippen LogP contribution in [-0.2, 0) is 4.79 Å². The zero-order valence-electron chi connectivity index (χ0n) is 10.7. The van der Waals surface area contributed by atoms with Gasteiger partial charge in [-0.3, -0.25) is 9.69 Å². The van der Waals surface area contributed by atoms with Crippen molar-refractivity contribution in [3.05, 3.63) is 29.8 Å². The van der Waals surface area contributed by atoms with E-state index < -0.39 is 17.5 Å². The Hall–Kier alpha value is -1.53. The van der Waals surface area contributed by atoms with E-state index in [-0.39, 0.29) is 18.3 Å². The van der Waals surface area contributed by atoms with Crippen molar-refractivity contribution in [1.29, 1.82) is 0 Å². The molecule has 1 aliphatic rings. The number of para-hydroxylation sites is 1. The second-order valence-electron chi connectivity index (χ2n) is 4.67. The highest BCUT2D eigenvalue weighted by Crippen LogP contribution is 2.18. The van der Waals surface area contributed by atoms with Gasteiger partial charge in [0.2, 0.25) is 5.91 Å². The molecule has 0 bridgehead atoms. The Morgan fingerprint density at radius 2 is 2.16 bits per heavy atom. The lowest BCUT2D eigenvalue weighted by Crippen LogP contribution is -2.52. The molecule has 0 unspecified atom stereocenters. The predicted molar refractivity (Wildman–Crippen MR) is 68.9 cm³/mol. The first-order chi connectivity index (χ1) is 9.08. The fraction of sp³-hybridized carbons (Fsp3) is 0.462. The Morgan fingerprint density at radius 3 is 2.79 bits per heavy atom. The molecular weight excluding hydrogens is 252 g/mol. The summed E-state index contributed by atoms with van der Waals surface area (Å²) in [5.74, 6) is -1.93. The molecule has 6 heteroatoms. The Morgan fingerprint density at radius 1 is 1.47 bits per heavy atom. The second-order valence-corrected chi connectivity index (χ2v) is 4.67. The van der Waals surface area contributed by atoms with E-state index in [1.807, 2.05) is 11.8 Å². The smallest absolute Gasteiger partial charge is 0.238 e. The van der Waals surface area contributed by atoms with Crippen LogP contribution in [0.2, 0.25) is 0 Å². The molecule has 1 aromatic carbocycles. The number of piperazine rings is 1. The molecule has 2 N–H and O–H groups in total. The van der Waals surface area contributed by atoms with Crippen LogP contribution in [0.1, 0.15) is 6.92 Å². The normalized spacial score (nSPS) is 20.3. The summed E-state index contributed by atoms with van der Waals surface area (Å²) in [7, 11) is 0. The zero-order valence-corrected chi connectivity index (χ0v) is 10.7. The summed E-state index contributed by atoms with van der Waals surface area (Å²) in [6.07, 6.45) is 0. The summed E-state index contributed by atoms with van der Waals surface area (Å²) in [6.45, 7) is 4.50. The number of hydrogen-bond acceptors (Lipinski definition) is 3. The Balaban J connectivity index is 1.97. The van der Waals surface area contributed by atoms with E-state index in [2.05, 4.69) is 10.6 Å². The molecule has 1 aliphatic heterocycles. The molecule has 1 amide bonds. The maximum absolute atomic E-state index is 13.4. The maximum Gasteiger partial charge on any atom is 0.238 e. The number of carbonyl (C=O) groups is 1. The van der Waals surface area contributed by atoms with Gasteiger partial charge in [-0.05, 0) is 19.1 Å². The van der Waals surface area contributed by atoms with Crippen LogP contribution < -0.4 is 10.6 Å². The standard InChI is InChI=1S/C13H17F2N3O/c1-9-7-16-5-6-18(9)8-12(19)17-13-10(14)3-2-4-11(13)15/h2-4,9,16H,5-8H2,1H3,(H,17,19)/t9-/m1/s1. The molecular formula is C13H17F2N3O. The number of halogens is 2. The first-order valence-electron chi connectivity index (χ1n) is 6.26. The van der Waals surface area contributed by atoms with Crippen molar-refractivity contribution in [3.8, 4) is 0 Å². The summed E-state index contributed by atoms with van der Waals surface area (Å²) < 4.78 is 26.8. The Labute approximate surface area is 110 Å². The van der Waals surface area contributed by atoms with Gasteiger partial charge in [-0.15, -0.1) is 0 Å². The van der Waals surface area contributed by atoms with Gasteiger partial charge in [-0.2, -0.15) is 0 Å².